The second-order valence-corrected chi connectivity index (χ2v) is 4.12. The maximum atomic E-state index is 12.1. The fourth-order valence-corrected chi connectivity index (χ4v) is 1.77. The van der Waals surface area contributed by atoms with Gasteiger partial charge in [-0.1, -0.05) is 0 Å². The van der Waals surface area contributed by atoms with Crippen LogP contribution in [0.5, 0.6) is 0 Å². The first-order valence-electron chi connectivity index (χ1n) is 5.33. The Morgan fingerprint density at radius 1 is 1.44 bits per heavy atom. The topological polar surface area (TPSA) is 78.0 Å². The van der Waals surface area contributed by atoms with E-state index in [4.69, 9.17) is 11.6 Å². The van der Waals surface area contributed by atoms with E-state index in [0.29, 0.717) is 24.4 Å². The number of nitrogens with zero attached hydrogens (tertiary/aromatic N) is 3. The normalized spacial score (nSPS) is 10.7. The van der Waals surface area contributed by atoms with Crippen molar-refractivity contribution in [3.8, 4) is 0 Å². The minimum atomic E-state index is -0.533. The second-order valence-electron chi connectivity index (χ2n) is 3.74. The van der Waals surface area contributed by atoms with Gasteiger partial charge in [-0.05, 0) is 12.5 Å². The summed E-state index contributed by atoms with van der Waals surface area (Å²) in [6, 6.07) is 4.06. The van der Waals surface area contributed by atoms with Crippen molar-refractivity contribution < 1.29 is 4.92 Å². The van der Waals surface area contributed by atoms with Gasteiger partial charge in [-0.15, -0.1) is 11.6 Å². The van der Waals surface area contributed by atoms with Crippen LogP contribution in [0, 0.1) is 10.1 Å². The molecule has 1 aromatic heterocycles. The number of nitro benzene ring substituents is 1. The summed E-state index contributed by atoms with van der Waals surface area (Å²) in [7, 11) is 0. The fraction of sp³-hybridized carbons (Fsp3) is 0.273. The van der Waals surface area contributed by atoms with Crippen molar-refractivity contribution in [2.75, 3.05) is 5.88 Å². The Balaban J connectivity index is 2.57. The number of alkyl halides is 1. The molecule has 0 fully saturated rings. The Morgan fingerprint density at radius 3 is 2.89 bits per heavy atom. The molecule has 1 aromatic carbocycles. The van der Waals surface area contributed by atoms with Crippen molar-refractivity contribution in [2.24, 2.45) is 0 Å². The molecule has 0 spiro atoms. The first-order valence-corrected chi connectivity index (χ1v) is 5.86. The van der Waals surface area contributed by atoms with Crippen LogP contribution in [0.1, 0.15) is 6.42 Å². The molecule has 2 rings (SSSR count). The highest BCUT2D eigenvalue weighted by molar-refractivity contribution is 6.17. The number of benzene rings is 1. The van der Waals surface area contributed by atoms with Gasteiger partial charge in [0.2, 0.25) is 0 Å². The summed E-state index contributed by atoms with van der Waals surface area (Å²) in [5.41, 5.74) is 0.0537. The molecular weight excluding hydrogens is 258 g/mol. The lowest BCUT2D eigenvalue weighted by Crippen LogP contribution is -2.20. The molecule has 1 heterocycles. The van der Waals surface area contributed by atoms with Crippen molar-refractivity contribution in [1.29, 1.82) is 0 Å². The van der Waals surface area contributed by atoms with Crippen LogP contribution in [-0.4, -0.2) is 20.4 Å². The largest absolute Gasteiger partial charge is 0.299 e. The molecule has 0 aliphatic heterocycles. The maximum Gasteiger partial charge on any atom is 0.270 e. The summed E-state index contributed by atoms with van der Waals surface area (Å²) < 4.78 is 1.41. The third-order valence-electron chi connectivity index (χ3n) is 2.55. The highest BCUT2D eigenvalue weighted by atomic mass is 35.5. The minimum absolute atomic E-state index is 0.114. The summed E-state index contributed by atoms with van der Waals surface area (Å²) in [5, 5.41) is 10.9. The van der Waals surface area contributed by atoms with E-state index in [9.17, 15) is 14.9 Å². The number of fused-ring (bicyclic) bond motifs is 1. The highest BCUT2D eigenvalue weighted by Crippen LogP contribution is 2.16. The van der Waals surface area contributed by atoms with Gasteiger partial charge in [0.1, 0.15) is 0 Å². The molecule has 0 N–H and O–H groups in total. The second kappa shape index (κ2) is 5.14. The number of non-ortho nitro benzene ring substituents is 1. The van der Waals surface area contributed by atoms with Gasteiger partial charge in [-0.25, -0.2) is 4.98 Å². The number of halogens is 1. The molecule has 94 valence electrons. The minimum Gasteiger partial charge on any atom is -0.299 e. The molecule has 18 heavy (non-hydrogen) atoms. The van der Waals surface area contributed by atoms with Crippen LogP contribution >= 0.6 is 11.6 Å². The van der Waals surface area contributed by atoms with Crippen molar-refractivity contribution in [3.05, 3.63) is 45.0 Å². The van der Waals surface area contributed by atoms with Gasteiger partial charge in [0.05, 0.1) is 22.2 Å². The van der Waals surface area contributed by atoms with Crippen LogP contribution in [0.25, 0.3) is 10.9 Å². The van der Waals surface area contributed by atoms with E-state index in [1.807, 2.05) is 0 Å². The van der Waals surface area contributed by atoms with E-state index < -0.39 is 4.92 Å². The first kappa shape index (κ1) is 12.5. The average Bonchev–Trinajstić information content (AvgIpc) is 2.37. The first-order chi connectivity index (χ1) is 8.63. The number of rotatable bonds is 4. The molecule has 0 aliphatic rings. The molecule has 0 saturated heterocycles. The predicted octanol–water partition coefficient (Wildman–Crippen LogP) is 1.93. The number of nitro groups is 1. The summed E-state index contributed by atoms with van der Waals surface area (Å²) in [6.07, 6.45) is 2.08. The number of hydrogen-bond acceptors (Lipinski definition) is 4. The molecule has 0 radical (unpaired) electrons. The third-order valence-corrected chi connectivity index (χ3v) is 2.82. The monoisotopic (exact) mass is 267 g/mol. The zero-order valence-electron chi connectivity index (χ0n) is 9.38. The highest BCUT2D eigenvalue weighted by Gasteiger charge is 2.10. The zero-order chi connectivity index (χ0) is 13.1. The van der Waals surface area contributed by atoms with Crippen molar-refractivity contribution >= 4 is 28.2 Å². The quantitative estimate of drug-likeness (QED) is 0.482. The SMILES string of the molecule is O=c1c2cc([N+](=O)[O-])ccc2ncn1CCCCl. The van der Waals surface area contributed by atoms with Gasteiger partial charge in [-0.3, -0.25) is 19.5 Å². The molecule has 0 atom stereocenters. The third kappa shape index (κ3) is 2.33. The molecule has 0 unspecified atom stereocenters. The van der Waals surface area contributed by atoms with Crippen LogP contribution in [-0.2, 0) is 6.54 Å². The van der Waals surface area contributed by atoms with Crippen LogP contribution in [0.3, 0.4) is 0 Å². The van der Waals surface area contributed by atoms with E-state index in [1.54, 1.807) is 0 Å². The van der Waals surface area contributed by atoms with Gasteiger partial charge in [0.25, 0.3) is 11.2 Å². The van der Waals surface area contributed by atoms with E-state index in [-0.39, 0.29) is 16.6 Å². The number of hydrogen-bond donors (Lipinski definition) is 0. The predicted molar refractivity (Wildman–Crippen MR) is 68.0 cm³/mol. The molecule has 0 bridgehead atoms. The molecule has 6 nitrogen and oxygen atoms in total. The zero-order valence-corrected chi connectivity index (χ0v) is 10.1. The van der Waals surface area contributed by atoms with E-state index in [2.05, 4.69) is 4.98 Å². The van der Waals surface area contributed by atoms with Gasteiger partial charge < -0.3 is 0 Å². The lowest BCUT2D eigenvalue weighted by molar-refractivity contribution is -0.384. The van der Waals surface area contributed by atoms with Crippen molar-refractivity contribution in [3.63, 3.8) is 0 Å². The lowest BCUT2D eigenvalue weighted by Gasteiger charge is -2.04. The van der Waals surface area contributed by atoms with Crippen molar-refractivity contribution in [1.82, 2.24) is 9.55 Å². The molecule has 2 aromatic rings. The maximum absolute atomic E-state index is 12.1. The summed E-state index contributed by atoms with van der Waals surface area (Å²) in [5.74, 6) is 0.444. The van der Waals surface area contributed by atoms with Gasteiger partial charge >= 0.3 is 0 Å². The molecule has 7 heteroatoms. The Kier molecular flexibility index (Phi) is 3.57. The van der Waals surface area contributed by atoms with Gasteiger partial charge in [0.15, 0.2) is 0 Å². The summed E-state index contributed by atoms with van der Waals surface area (Å²) >= 11 is 5.56. The fourth-order valence-electron chi connectivity index (χ4n) is 1.65. The van der Waals surface area contributed by atoms with Crippen LogP contribution in [0.4, 0.5) is 5.69 Å². The van der Waals surface area contributed by atoms with Gasteiger partial charge in [0, 0.05) is 24.6 Å². The lowest BCUT2D eigenvalue weighted by atomic mass is 10.2. The number of aryl methyl sites for hydroxylation is 1. The average molecular weight is 268 g/mol. The molecule has 0 saturated carbocycles. The smallest absolute Gasteiger partial charge is 0.270 e. The van der Waals surface area contributed by atoms with Crippen LogP contribution < -0.4 is 5.56 Å². The van der Waals surface area contributed by atoms with Gasteiger partial charge in [-0.2, -0.15) is 0 Å². The Hall–Kier alpha value is -1.95. The Bertz CT molecular complexity index is 654. The molecular formula is C11H10ClN3O3. The van der Waals surface area contributed by atoms with Crippen molar-refractivity contribution in [2.45, 2.75) is 13.0 Å². The van der Waals surface area contributed by atoms with Crippen LogP contribution in [0.2, 0.25) is 0 Å². The van der Waals surface area contributed by atoms with E-state index in [0.717, 1.165) is 0 Å². The number of aromatic nitrogens is 2. The standard InChI is InChI=1S/C11H10ClN3O3/c12-4-1-5-14-7-13-10-3-2-8(15(17)18)6-9(10)11(14)16/h2-3,6-7H,1,4-5H2. The molecule has 0 aliphatic carbocycles. The van der Waals surface area contributed by atoms with Crippen LogP contribution in [0.15, 0.2) is 29.3 Å². The van der Waals surface area contributed by atoms with E-state index >= 15 is 0 Å². The summed E-state index contributed by atoms with van der Waals surface area (Å²) in [6.45, 7) is 0.452. The Morgan fingerprint density at radius 2 is 2.22 bits per heavy atom. The summed E-state index contributed by atoms with van der Waals surface area (Å²) in [4.78, 5) is 26.3. The molecule has 0 amide bonds. The Labute approximate surface area is 107 Å². The van der Waals surface area contributed by atoms with E-state index in [1.165, 1.54) is 29.1 Å².